The van der Waals surface area contributed by atoms with Crippen molar-refractivity contribution in [2.45, 2.75) is 25.6 Å². The molecule has 0 spiro atoms. The quantitative estimate of drug-likeness (QED) is 0.797. The van der Waals surface area contributed by atoms with Crippen LogP contribution in [-0.4, -0.2) is 31.6 Å². The molecular formula is C21H20F2N2O4. The van der Waals surface area contributed by atoms with Crippen LogP contribution in [0.25, 0.3) is 0 Å². The van der Waals surface area contributed by atoms with Gasteiger partial charge in [0.25, 0.3) is 0 Å². The number of nitrogens with one attached hydrogen (secondary N) is 1. The van der Waals surface area contributed by atoms with Crippen molar-refractivity contribution < 1.29 is 27.8 Å². The summed E-state index contributed by atoms with van der Waals surface area (Å²) in [4.78, 5) is 27.3. The van der Waals surface area contributed by atoms with Gasteiger partial charge in [-0.05, 0) is 43.7 Å². The van der Waals surface area contributed by atoms with Crippen LogP contribution in [0.4, 0.5) is 20.2 Å². The van der Waals surface area contributed by atoms with Crippen LogP contribution >= 0.6 is 0 Å². The Morgan fingerprint density at radius 2 is 1.93 bits per heavy atom. The molecule has 1 fully saturated rings. The first-order valence-corrected chi connectivity index (χ1v) is 9.33. The fraction of sp³-hybridized carbons (Fsp3) is 0.333. The van der Waals surface area contributed by atoms with Gasteiger partial charge in [-0.25, -0.2) is 8.78 Å². The molecule has 6 nitrogen and oxygen atoms in total. The van der Waals surface area contributed by atoms with Gasteiger partial charge in [0.1, 0.15) is 17.6 Å². The number of fused-ring (bicyclic) bond motifs is 1. The number of hydrogen-bond donors (Lipinski definition) is 1. The van der Waals surface area contributed by atoms with E-state index in [1.165, 1.54) is 4.90 Å². The minimum atomic E-state index is -1.15. The molecule has 0 radical (unpaired) electrons. The maximum absolute atomic E-state index is 14.0. The van der Waals surface area contributed by atoms with Crippen LogP contribution < -0.4 is 10.2 Å². The first-order valence-electron chi connectivity index (χ1n) is 9.33. The van der Waals surface area contributed by atoms with Gasteiger partial charge in [0, 0.05) is 23.9 Å². The first kappa shape index (κ1) is 19.5. The Hall–Kier alpha value is -2.84. The molecule has 4 rings (SSSR count). The summed E-state index contributed by atoms with van der Waals surface area (Å²) in [6, 6.07) is 8.12. The normalized spacial score (nSPS) is 20.1. The SMILES string of the molecule is CCN1C(=O)C(C(=O)Nc2ccc(F)cc2F)c2cc(C3(C)OCCO3)ccc21. The van der Waals surface area contributed by atoms with Crippen molar-refractivity contribution >= 4 is 23.2 Å². The van der Waals surface area contributed by atoms with E-state index in [1.54, 1.807) is 32.0 Å². The predicted molar refractivity (Wildman–Crippen MR) is 101 cm³/mol. The second kappa shape index (κ2) is 7.20. The van der Waals surface area contributed by atoms with E-state index in [9.17, 15) is 18.4 Å². The Morgan fingerprint density at radius 1 is 1.21 bits per heavy atom. The number of halogens is 2. The lowest BCUT2D eigenvalue weighted by atomic mass is 9.95. The molecule has 0 aliphatic carbocycles. The van der Waals surface area contributed by atoms with E-state index in [1.807, 2.05) is 0 Å². The summed E-state index contributed by atoms with van der Waals surface area (Å²) >= 11 is 0. The number of anilines is 2. The van der Waals surface area contributed by atoms with Crippen molar-refractivity contribution in [1.82, 2.24) is 0 Å². The van der Waals surface area contributed by atoms with Gasteiger partial charge in [-0.1, -0.05) is 6.07 Å². The van der Waals surface area contributed by atoms with Gasteiger partial charge in [-0.15, -0.1) is 0 Å². The van der Waals surface area contributed by atoms with Gasteiger partial charge in [0.2, 0.25) is 11.8 Å². The first-order chi connectivity index (χ1) is 13.8. The Bertz CT molecular complexity index is 989. The van der Waals surface area contributed by atoms with Gasteiger partial charge < -0.3 is 19.7 Å². The standard InChI is InChI=1S/C21H20F2N2O4/c1-3-25-17-7-4-12(21(2)28-8-9-29-21)10-14(17)18(20(25)27)19(26)24-16-6-5-13(22)11-15(16)23/h4-7,10-11,18H,3,8-9H2,1-2H3,(H,24,26). The maximum atomic E-state index is 14.0. The van der Waals surface area contributed by atoms with Crippen molar-refractivity contribution in [3.8, 4) is 0 Å². The number of ether oxygens (including phenoxy) is 2. The van der Waals surface area contributed by atoms with E-state index in [2.05, 4.69) is 5.32 Å². The Kier molecular flexibility index (Phi) is 4.84. The average molecular weight is 402 g/mol. The zero-order valence-corrected chi connectivity index (χ0v) is 16.0. The van der Waals surface area contributed by atoms with Crippen molar-refractivity contribution in [3.63, 3.8) is 0 Å². The van der Waals surface area contributed by atoms with Crippen molar-refractivity contribution in [1.29, 1.82) is 0 Å². The molecule has 0 saturated carbocycles. The van der Waals surface area contributed by atoms with E-state index >= 15 is 0 Å². The summed E-state index contributed by atoms with van der Waals surface area (Å²) in [7, 11) is 0. The Morgan fingerprint density at radius 3 is 2.59 bits per heavy atom. The van der Waals surface area contributed by atoms with E-state index in [0.29, 0.717) is 42.6 Å². The number of likely N-dealkylation sites (N-methyl/N-ethyl adjacent to an activating group) is 1. The monoisotopic (exact) mass is 402 g/mol. The molecule has 2 aliphatic rings. The molecule has 29 heavy (non-hydrogen) atoms. The molecule has 0 bridgehead atoms. The fourth-order valence-corrected chi connectivity index (χ4v) is 3.78. The largest absolute Gasteiger partial charge is 0.344 e. The van der Waals surface area contributed by atoms with E-state index in [4.69, 9.17) is 9.47 Å². The van der Waals surface area contributed by atoms with Crippen LogP contribution in [0.1, 0.15) is 30.9 Å². The second-order valence-corrected chi connectivity index (χ2v) is 7.05. The molecule has 2 aliphatic heterocycles. The molecule has 1 atom stereocenters. The highest BCUT2D eigenvalue weighted by Gasteiger charge is 2.43. The molecule has 8 heteroatoms. The molecule has 1 saturated heterocycles. The van der Waals surface area contributed by atoms with Crippen molar-refractivity contribution in [3.05, 3.63) is 59.2 Å². The summed E-state index contributed by atoms with van der Waals surface area (Å²) in [6.45, 7) is 4.85. The van der Waals surface area contributed by atoms with Gasteiger partial charge >= 0.3 is 0 Å². The van der Waals surface area contributed by atoms with Crippen molar-refractivity contribution in [2.75, 3.05) is 30.0 Å². The third kappa shape index (κ3) is 3.28. The van der Waals surface area contributed by atoms with Gasteiger partial charge in [-0.3, -0.25) is 9.59 Å². The van der Waals surface area contributed by atoms with Crippen LogP contribution in [0, 0.1) is 11.6 Å². The molecule has 2 aromatic carbocycles. The van der Waals surface area contributed by atoms with Crippen molar-refractivity contribution in [2.24, 2.45) is 0 Å². The number of nitrogens with zero attached hydrogens (tertiary/aromatic N) is 1. The highest BCUT2D eigenvalue weighted by Crippen LogP contribution is 2.41. The van der Waals surface area contributed by atoms with Crippen LogP contribution in [0.3, 0.4) is 0 Å². The Labute approximate surface area is 166 Å². The zero-order valence-electron chi connectivity index (χ0n) is 16.0. The predicted octanol–water partition coefficient (Wildman–Crippen LogP) is 3.27. The van der Waals surface area contributed by atoms with Crippen LogP contribution in [0.5, 0.6) is 0 Å². The number of rotatable bonds is 4. The number of amides is 2. The van der Waals surface area contributed by atoms with Crippen LogP contribution in [-0.2, 0) is 24.8 Å². The summed E-state index contributed by atoms with van der Waals surface area (Å²) in [5, 5.41) is 2.40. The van der Waals surface area contributed by atoms with Gasteiger partial charge in [0.05, 0.1) is 18.9 Å². The number of carbonyl (C=O) groups excluding carboxylic acids is 2. The zero-order chi connectivity index (χ0) is 20.8. The molecule has 2 heterocycles. The molecule has 152 valence electrons. The molecule has 0 aromatic heterocycles. The Balaban J connectivity index is 1.70. The maximum Gasteiger partial charge on any atom is 0.244 e. The minimum absolute atomic E-state index is 0.189. The topological polar surface area (TPSA) is 67.9 Å². The molecule has 2 aromatic rings. The molecule has 1 unspecified atom stereocenters. The highest BCUT2D eigenvalue weighted by atomic mass is 19.1. The van der Waals surface area contributed by atoms with E-state index in [0.717, 1.165) is 12.1 Å². The fourth-order valence-electron chi connectivity index (χ4n) is 3.78. The summed E-state index contributed by atoms with van der Waals surface area (Å²) in [5.74, 6) is -4.87. The van der Waals surface area contributed by atoms with Gasteiger partial charge in [-0.2, -0.15) is 0 Å². The van der Waals surface area contributed by atoms with E-state index < -0.39 is 35.2 Å². The van der Waals surface area contributed by atoms with E-state index in [-0.39, 0.29) is 5.69 Å². The highest BCUT2D eigenvalue weighted by molar-refractivity contribution is 6.20. The molecular weight excluding hydrogens is 382 g/mol. The lowest BCUT2D eigenvalue weighted by Gasteiger charge is -2.24. The summed E-state index contributed by atoms with van der Waals surface area (Å²) in [5.41, 5.74) is 1.61. The lowest BCUT2D eigenvalue weighted by Crippen LogP contribution is -2.33. The molecule has 2 amide bonds. The third-order valence-corrected chi connectivity index (χ3v) is 5.27. The van der Waals surface area contributed by atoms with Crippen LogP contribution in [0.2, 0.25) is 0 Å². The number of benzene rings is 2. The lowest BCUT2D eigenvalue weighted by molar-refractivity contribution is -0.149. The smallest absolute Gasteiger partial charge is 0.244 e. The summed E-state index contributed by atoms with van der Waals surface area (Å²) in [6.07, 6.45) is 0. The number of hydrogen-bond acceptors (Lipinski definition) is 4. The van der Waals surface area contributed by atoms with Gasteiger partial charge in [0.15, 0.2) is 5.79 Å². The minimum Gasteiger partial charge on any atom is -0.344 e. The number of carbonyl (C=O) groups is 2. The average Bonchev–Trinajstić information content (AvgIpc) is 3.24. The third-order valence-electron chi connectivity index (χ3n) is 5.27. The summed E-state index contributed by atoms with van der Waals surface area (Å²) < 4.78 is 38.5. The molecule has 1 N–H and O–H groups in total. The van der Waals surface area contributed by atoms with Crippen LogP contribution in [0.15, 0.2) is 36.4 Å². The second-order valence-electron chi connectivity index (χ2n) is 7.05.